The van der Waals surface area contributed by atoms with Crippen LogP contribution in [0.2, 0.25) is 0 Å². The number of nitrogens with one attached hydrogen (secondary N) is 1. The molecule has 0 saturated heterocycles. The zero-order chi connectivity index (χ0) is 17.6. The zero-order valence-corrected chi connectivity index (χ0v) is 15.4. The summed E-state index contributed by atoms with van der Waals surface area (Å²) in [5.74, 6) is 0.125. The summed E-state index contributed by atoms with van der Waals surface area (Å²) in [6.07, 6.45) is 2.08. The van der Waals surface area contributed by atoms with E-state index in [1.54, 1.807) is 0 Å². The Morgan fingerprint density at radius 3 is 2.08 bits per heavy atom. The highest BCUT2D eigenvalue weighted by Crippen LogP contribution is 2.42. The van der Waals surface area contributed by atoms with Crippen molar-refractivity contribution in [3.63, 3.8) is 0 Å². The van der Waals surface area contributed by atoms with Gasteiger partial charge < -0.3 is 5.32 Å². The van der Waals surface area contributed by atoms with E-state index in [1.807, 2.05) is 31.2 Å². The SMILES string of the molecule is Cc1ccc(NC(=O)C2=Cc3c(C)c(C)c(C)c(C)c3C2C)cc1. The van der Waals surface area contributed by atoms with Gasteiger partial charge in [0.2, 0.25) is 0 Å². The lowest BCUT2D eigenvalue weighted by molar-refractivity contribution is -0.113. The van der Waals surface area contributed by atoms with Crippen molar-refractivity contribution in [3.8, 4) is 0 Å². The number of hydrogen-bond donors (Lipinski definition) is 1. The molecule has 0 aliphatic heterocycles. The molecular formula is C22H25NO. The first-order chi connectivity index (χ1) is 11.3. The summed E-state index contributed by atoms with van der Waals surface area (Å²) in [6, 6.07) is 7.92. The van der Waals surface area contributed by atoms with E-state index in [0.29, 0.717) is 0 Å². The maximum absolute atomic E-state index is 12.8. The van der Waals surface area contributed by atoms with Crippen molar-refractivity contribution in [2.75, 3.05) is 5.32 Å². The smallest absolute Gasteiger partial charge is 0.252 e. The van der Waals surface area contributed by atoms with Gasteiger partial charge in [0.1, 0.15) is 0 Å². The third-order valence-electron chi connectivity index (χ3n) is 5.56. The largest absolute Gasteiger partial charge is 0.322 e. The third kappa shape index (κ3) is 2.56. The highest BCUT2D eigenvalue weighted by atomic mass is 16.1. The quantitative estimate of drug-likeness (QED) is 0.792. The number of aryl methyl sites for hydroxylation is 1. The van der Waals surface area contributed by atoms with Gasteiger partial charge in [0.15, 0.2) is 0 Å². The van der Waals surface area contributed by atoms with Crippen LogP contribution in [-0.2, 0) is 4.79 Å². The summed E-state index contributed by atoms with van der Waals surface area (Å²) in [7, 11) is 0. The van der Waals surface area contributed by atoms with Crippen molar-refractivity contribution in [2.24, 2.45) is 0 Å². The molecule has 3 rings (SSSR count). The number of amides is 1. The normalized spacial score (nSPS) is 15.9. The summed E-state index contributed by atoms with van der Waals surface area (Å²) in [4.78, 5) is 12.8. The molecule has 1 unspecified atom stereocenters. The number of fused-ring (bicyclic) bond motifs is 1. The number of benzene rings is 2. The van der Waals surface area contributed by atoms with Gasteiger partial charge in [-0.1, -0.05) is 24.6 Å². The molecule has 1 aliphatic carbocycles. The second-order valence-corrected chi connectivity index (χ2v) is 6.97. The molecule has 2 aromatic carbocycles. The first-order valence-electron chi connectivity index (χ1n) is 8.51. The number of anilines is 1. The highest BCUT2D eigenvalue weighted by molar-refractivity contribution is 6.09. The van der Waals surface area contributed by atoms with E-state index in [2.05, 4.69) is 46.0 Å². The number of carbonyl (C=O) groups is 1. The monoisotopic (exact) mass is 319 g/mol. The predicted octanol–water partition coefficient (Wildman–Crippen LogP) is 5.37. The standard InChI is InChI=1S/C22H25NO/c1-12-7-9-18(10-8-12)23-22(24)20-11-19-15(4)13(2)14(3)16(5)21(19)17(20)6/h7-11,17H,1-6H3,(H,23,24). The zero-order valence-electron chi connectivity index (χ0n) is 15.4. The van der Waals surface area contributed by atoms with Crippen LogP contribution in [0.4, 0.5) is 5.69 Å². The van der Waals surface area contributed by atoms with Gasteiger partial charge in [-0.3, -0.25) is 4.79 Å². The van der Waals surface area contributed by atoms with Crippen molar-refractivity contribution in [3.05, 3.63) is 68.8 Å². The number of hydrogen-bond acceptors (Lipinski definition) is 1. The van der Waals surface area contributed by atoms with Gasteiger partial charge in [-0.2, -0.15) is 0 Å². The molecule has 0 fully saturated rings. The maximum Gasteiger partial charge on any atom is 0.252 e. The Kier molecular flexibility index (Phi) is 4.08. The van der Waals surface area contributed by atoms with Crippen LogP contribution in [0.3, 0.4) is 0 Å². The minimum absolute atomic E-state index is 0.00309. The second-order valence-electron chi connectivity index (χ2n) is 6.97. The van der Waals surface area contributed by atoms with Crippen LogP contribution in [0.25, 0.3) is 6.08 Å². The summed E-state index contributed by atoms with van der Waals surface area (Å²) < 4.78 is 0. The van der Waals surface area contributed by atoms with Crippen molar-refractivity contribution in [2.45, 2.75) is 47.5 Å². The van der Waals surface area contributed by atoms with Crippen molar-refractivity contribution < 1.29 is 4.79 Å². The van der Waals surface area contributed by atoms with E-state index >= 15 is 0 Å². The van der Waals surface area contributed by atoms with Gasteiger partial charge in [0.25, 0.3) is 5.91 Å². The van der Waals surface area contributed by atoms with E-state index in [4.69, 9.17) is 0 Å². The topological polar surface area (TPSA) is 29.1 Å². The molecular weight excluding hydrogens is 294 g/mol. The molecule has 1 atom stereocenters. The molecule has 2 aromatic rings. The van der Waals surface area contributed by atoms with E-state index in [0.717, 1.165) is 11.3 Å². The van der Waals surface area contributed by atoms with Gasteiger partial charge >= 0.3 is 0 Å². The van der Waals surface area contributed by atoms with Crippen molar-refractivity contribution in [1.29, 1.82) is 0 Å². The summed E-state index contributed by atoms with van der Waals surface area (Å²) in [5, 5.41) is 3.04. The van der Waals surface area contributed by atoms with Crippen LogP contribution in [-0.4, -0.2) is 5.91 Å². The predicted molar refractivity (Wildman–Crippen MR) is 102 cm³/mol. The van der Waals surface area contributed by atoms with Gasteiger partial charge in [0.05, 0.1) is 0 Å². The van der Waals surface area contributed by atoms with Crippen molar-refractivity contribution >= 4 is 17.7 Å². The molecule has 1 N–H and O–H groups in total. The molecule has 0 heterocycles. The molecule has 0 bridgehead atoms. The van der Waals surface area contributed by atoms with E-state index in [1.165, 1.54) is 38.9 Å². The van der Waals surface area contributed by atoms with Crippen LogP contribution < -0.4 is 5.32 Å². The Bertz CT molecular complexity index is 857. The van der Waals surface area contributed by atoms with Gasteiger partial charge in [-0.25, -0.2) is 0 Å². The Morgan fingerprint density at radius 2 is 1.46 bits per heavy atom. The second kappa shape index (κ2) is 5.94. The number of carbonyl (C=O) groups excluding carboxylic acids is 1. The van der Waals surface area contributed by atoms with Crippen LogP contribution >= 0.6 is 0 Å². The molecule has 0 radical (unpaired) electrons. The number of rotatable bonds is 2. The minimum atomic E-state index is -0.00309. The van der Waals surface area contributed by atoms with Gasteiger partial charge in [-0.15, -0.1) is 0 Å². The fourth-order valence-electron chi connectivity index (χ4n) is 3.65. The van der Waals surface area contributed by atoms with E-state index in [-0.39, 0.29) is 11.8 Å². The lowest BCUT2D eigenvalue weighted by atomic mass is 9.86. The van der Waals surface area contributed by atoms with Gasteiger partial charge in [-0.05, 0) is 86.2 Å². The van der Waals surface area contributed by atoms with Crippen LogP contribution in [0.15, 0.2) is 29.8 Å². The fraction of sp³-hybridized carbons (Fsp3) is 0.318. The summed E-state index contributed by atoms with van der Waals surface area (Å²) >= 11 is 0. The van der Waals surface area contributed by atoms with Crippen LogP contribution in [0.5, 0.6) is 0 Å². The lowest BCUT2D eigenvalue weighted by Gasteiger charge is -2.19. The Morgan fingerprint density at radius 1 is 0.875 bits per heavy atom. The molecule has 0 saturated carbocycles. The Balaban J connectivity index is 1.96. The average Bonchev–Trinajstić information content (AvgIpc) is 2.91. The Labute approximate surface area is 144 Å². The first-order valence-corrected chi connectivity index (χ1v) is 8.51. The molecule has 0 spiro atoms. The summed E-state index contributed by atoms with van der Waals surface area (Å²) in [5.41, 5.74) is 10.7. The fourth-order valence-corrected chi connectivity index (χ4v) is 3.65. The van der Waals surface area contributed by atoms with E-state index < -0.39 is 0 Å². The Hall–Kier alpha value is -2.35. The third-order valence-corrected chi connectivity index (χ3v) is 5.56. The molecule has 2 heteroatoms. The molecule has 0 aromatic heterocycles. The van der Waals surface area contributed by atoms with E-state index in [9.17, 15) is 4.79 Å². The molecule has 24 heavy (non-hydrogen) atoms. The van der Waals surface area contributed by atoms with Gasteiger partial charge in [0, 0.05) is 17.2 Å². The molecule has 1 aliphatic rings. The molecule has 2 nitrogen and oxygen atoms in total. The lowest BCUT2D eigenvalue weighted by Crippen LogP contribution is -2.16. The molecule has 1 amide bonds. The van der Waals surface area contributed by atoms with Crippen LogP contribution in [0, 0.1) is 34.6 Å². The minimum Gasteiger partial charge on any atom is -0.322 e. The van der Waals surface area contributed by atoms with Crippen molar-refractivity contribution in [1.82, 2.24) is 0 Å². The highest BCUT2D eigenvalue weighted by Gasteiger charge is 2.30. The average molecular weight is 319 g/mol. The first kappa shape index (κ1) is 16.5. The van der Waals surface area contributed by atoms with Crippen LogP contribution in [0.1, 0.15) is 51.8 Å². The summed E-state index contributed by atoms with van der Waals surface area (Å²) in [6.45, 7) is 12.8. The molecule has 124 valence electrons. The maximum atomic E-state index is 12.8.